The fourth-order valence-electron chi connectivity index (χ4n) is 2.74. The first-order valence-electron chi connectivity index (χ1n) is 6.71. The maximum atomic E-state index is 12.0. The van der Waals surface area contributed by atoms with Gasteiger partial charge in [-0.25, -0.2) is 0 Å². The lowest BCUT2D eigenvalue weighted by Gasteiger charge is -2.27. The predicted octanol–water partition coefficient (Wildman–Crippen LogP) is 1.81. The first-order valence-corrected chi connectivity index (χ1v) is 6.71. The van der Waals surface area contributed by atoms with Crippen LogP contribution in [0.5, 0.6) is 0 Å². The van der Waals surface area contributed by atoms with E-state index in [-0.39, 0.29) is 17.9 Å². The molecule has 2 fully saturated rings. The highest BCUT2D eigenvalue weighted by molar-refractivity contribution is 5.79. The van der Waals surface area contributed by atoms with Crippen molar-refractivity contribution in [3.63, 3.8) is 0 Å². The zero-order valence-electron chi connectivity index (χ0n) is 10.2. The third-order valence-corrected chi connectivity index (χ3v) is 3.86. The lowest BCUT2D eigenvalue weighted by atomic mass is 9.85. The number of nitrogens with two attached hydrogens (primary N) is 1. The molecule has 16 heavy (non-hydrogen) atoms. The number of nitrogens with one attached hydrogen (secondary N) is 1. The first kappa shape index (κ1) is 11.9. The standard InChI is InChI=1S/C13H24N2O/c1-9(7-10-5-6-10)15-13(16)11-3-2-4-12(14)8-11/h9-12H,2-8,14H2,1H3,(H,15,16). The van der Waals surface area contributed by atoms with Gasteiger partial charge in [0.1, 0.15) is 0 Å². The molecule has 3 unspecified atom stereocenters. The summed E-state index contributed by atoms with van der Waals surface area (Å²) in [6.45, 7) is 2.12. The molecule has 0 saturated heterocycles. The molecule has 0 spiro atoms. The molecule has 1 amide bonds. The molecular formula is C13H24N2O. The Balaban J connectivity index is 1.72. The maximum absolute atomic E-state index is 12.0. The van der Waals surface area contributed by atoms with E-state index >= 15 is 0 Å². The number of rotatable bonds is 4. The third kappa shape index (κ3) is 3.48. The van der Waals surface area contributed by atoms with E-state index in [9.17, 15) is 4.79 Å². The van der Waals surface area contributed by atoms with Crippen LogP contribution in [0.25, 0.3) is 0 Å². The predicted molar refractivity (Wildman–Crippen MR) is 64.9 cm³/mol. The highest BCUT2D eigenvalue weighted by Crippen LogP contribution is 2.33. The van der Waals surface area contributed by atoms with Crippen LogP contribution < -0.4 is 11.1 Å². The Morgan fingerprint density at radius 3 is 2.75 bits per heavy atom. The SMILES string of the molecule is CC(CC1CC1)NC(=O)C1CCCC(N)C1. The summed E-state index contributed by atoms with van der Waals surface area (Å²) in [5.74, 6) is 1.29. The zero-order chi connectivity index (χ0) is 11.5. The van der Waals surface area contributed by atoms with Crippen LogP contribution in [0.2, 0.25) is 0 Å². The van der Waals surface area contributed by atoms with Gasteiger partial charge in [0.15, 0.2) is 0 Å². The highest BCUT2D eigenvalue weighted by Gasteiger charge is 2.28. The molecule has 2 saturated carbocycles. The van der Waals surface area contributed by atoms with Crippen LogP contribution in [0.1, 0.15) is 51.9 Å². The van der Waals surface area contributed by atoms with Crippen LogP contribution >= 0.6 is 0 Å². The van der Waals surface area contributed by atoms with Gasteiger partial charge in [0, 0.05) is 18.0 Å². The van der Waals surface area contributed by atoms with Crippen molar-refractivity contribution in [1.29, 1.82) is 0 Å². The minimum Gasteiger partial charge on any atom is -0.353 e. The molecule has 3 nitrogen and oxygen atoms in total. The summed E-state index contributed by atoms with van der Waals surface area (Å²) in [4.78, 5) is 12.0. The van der Waals surface area contributed by atoms with E-state index in [0.29, 0.717) is 6.04 Å². The second-order valence-corrected chi connectivity index (χ2v) is 5.71. The van der Waals surface area contributed by atoms with Gasteiger partial charge in [-0.2, -0.15) is 0 Å². The Bertz CT molecular complexity index is 250. The smallest absolute Gasteiger partial charge is 0.223 e. The lowest BCUT2D eigenvalue weighted by molar-refractivity contribution is -0.126. The Morgan fingerprint density at radius 2 is 2.12 bits per heavy atom. The minimum absolute atomic E-state index is 0.172. The molecule has 3 atom stereocenters. The van der Waals surface area contributed by atoms with Crippen molar-refractivity contribution < 1.29 is 4.79 Å². The van der Waals surface area contributed by atoms with Crippen molar-refractivity contribution in [2.75, 3.05) is 0 Å². The van der Waals surface area contributed by atoms with Crippen molar-refractivity contribution in [2.45, 2.75) is 64.0 Å². The lowest BCUT2D eigenvalue weighted by Crippen LogP contribution is -2.41. The van der Waals surface area contributed by atoms with E-state index in [1.54, 1.807) is 0 Å². The summed E-state index contributed by atoms with van der Waals surface area (Å²) >= 11 is 0. The Labute approximate surface area is 98.2 Å². The molecule has 2 rings (SSSR count). The molecule has 0 heterocycles. The second-order valence-electron chi connectivity index (χ2n) is 5.71. The van der Waals surface area contributed by atoms with Crippen LogP contribution in [0.15, 0.2) is 0 Å². The molecule has 0 aromatic rings. The first-order chi connectivity index (χ1) is 7.65. The molecule has 2 aliphatic carbocycles. The average Bonchev–Trinajstić information content (AvgIpc) is 3.01. The zero-order valence-corrected chi connectivity index (χ0v) is 10.2. The third-order valence-electron chi connectivity index (χ3n) is 3.86. The second kappa shape index (κ2) is 5.17. The van der Waals surface area contributed by atoms with Gasteiger partial charge < -0.3 is 11.1 Å². The molecule has 3 heteroatoms. The van der Waals surface area contributed by atoms with E-state index in [1.807, 2.05) is 0 Å². The molecular weight excluding hydrogens is 200 g/mol. The van der Waals surface area contributed by atoms with Gasteiger partial charge in [-0.1, -0.05) is 19.3 Å². The molecule has 0 radical (unpaired) electrons. The normalized spacial score (nSPS) is 32.1. The highest BCUT2D eigenvalue weighted by atomic mass is 16.1. The fourth-order valence-corrected chi connectivity index (χ4v) is 2.74. The minimum atomic E-state index is 0.172. The number of hydrogen-bond donors (Lipinski definition) is 2. The molecule has 0 aromatic carbocycles. The van der Waals surface area contributed by atoms with Gasteiger partial charge in [0.05, 0.1) is 0 Å². The quantitative estimate of drug-likeness (QED) is 0.765. The van der Waals surface area contributed by atoms with Crippen molar-refractivity contribution >= 4 is 5.91 Å². The van der Waals surface area contributed by atoms with E-state index in [1.165, 1.54) is 12.8 Å². The van der Waals surface area contributed by atoms with Crippen LogP contribution in [0.4, 0.5) is 0 Å². The van der Waals surface area contributed by atoms with Crippen molar-refractivity contribution in [3.8, 4) is 0 Å². The van der Waals surface area contributed by atoms with Crippen molar-refractivity contribution in [3.05, 3.63) is 0 Å². The van der Waals surface area contributed by atoms with Crippen LogP contribution in [-0.2, 0) is 4.79 Å². The average molecular weight is 224 g/mol. The number of carbonyl (C=O) groups is 1. The Hall–Kier alpha value is -0.570. The van der Waals surface area contributed by atoms with Gasteiger partial charge in [-0.05, 0) is 38.5 Å². The molecule has 0 aliphatic heterocycles. The summed E-state index contributed by atoms with van der Waals surface area (Å²) < 4.78 is 0. The molecule has 0 bridgehead atoms. The Kier molecular flexibility index (Phi) is 3.85. The number of amides is 1. The summed E-state index contributed by atoms with van der Waals surface area (Å²) in [6.07, 6.45) is 7.96. The van der Waals surface area contributed by atoms with Crippen LogP contribution in [0.3, 0.4) is 0 Å². The van der Waals surface area contributed by atoms with Gasteiger partial charge in [-0.15, -0.1) is 0 Å². The summed E-state index contributed by atoms with van der Waals surface area (Å²) in [5.41, 5.74) is 5.90. The van der Waals surface area contributed by atoms with E-state index in [4.69, 9.17) is 5.73 Å². The topological polar surface area (TPSA) is 55.1 Å². The Morgan fingerprint density at radius 1 is 1.38 bits per heavy atom. The molecule has 0 aromatic heterocycles. The van der Waals surface area contributed by atoms with Crippen LogP contribution in [-0.4, -0.2) is 18.0 Å². The molecule has 2 aliphatic rings. The van der Waals surface area contributed by atoms with Gasteiger partial charge in [-0.3, -0.25) is 4.79 Å². The summed E-state index contributed by atoms with van der Waals surface area (Å²) in [7, 11) is 0. The fraction of sp³-hybridized carbons (Fsp3) is 0.923. The maximum Gasteiger partial charge on any atom is 0.223 e. The number of hydrogen-bond acceptors (Lipinski definition) is 2. The molecule has 3 N–H and O–H groups in total. The number of carbonyl (C=O) groups excluding carboxylic acids is 1. The van der Waals surface area contributed by atoms with Crippen molar-refractivity contribution in [1.82, 2.24) is 5.32 Å². The van der Waals surface area contributed by atoms with Crippen molar-refractivity contribution in [2.24, 2.45) is 17.6 Å². The van der Waals surface area contributed by atoms with Crippen LogP contribution in [0, 0.1) is 11.8 Å². The van der Waals surface area contributed by atoms with E-state index in [0.717, 1.165) is 38.0 Å². The molecule has 92 valence electrons. The van der Waals surface area contributed by atoms with Gasteiger partial charge >= 0.3 is 0 Å². The van der Waals surface area contributed by atoms with E-state index in [2.05, 4.69) is 12.2 Å². The van der Waals surface area contributed by atoms with Gasteiger partial charge in [0.25, 0.3) is 0 Å². The van der Waals surface area contributed by atoms with Gasteiger partial charge in [0.2, 0.25) is 5.91 Å². The van der Waals surface area contributed by atoms with E-state index < -0.39 is 0 Å². The largest absolute Gasteiger partial charge is 0.353 e. The summed E-state index contributed by atoms with van der Waals surface area (Å²) in [6, 6.07) is 0.585. The monoisotopic (exact) mass is 224 g/mol. The summed E-state index contributed by atoms with van der Waals surface area (Å²) in [5, 5.41) is 3.15.